The summed E-state index contributed by atoms with van der Waals surface area (Å²) in [6, 6.07) is 8.08. The number of aromatic carboxylic acids is 1. The van der Waals surface area contributed by atoms with E-state index in [0.717, 1.165) is 5.69 Å². The van der Waals surface area contributed by atoms with Crippen molar-refractivity contribution in [3.8, 4) is 11.3 Å². The van der Waals surface area contributed by atoms with Gasteiger partial charge < -0.3 is 10.0 Å². The van der Waals surface area contributed by atoms with E-state index in [1.807, 2.05) is 6.07 Å². The van der Waals surface area contributed by atoms with Crippen molar-refractivity contribution in [2.24, 2.45) is 0 Å². The molecule has 0 aliphatic carbocycles. The number of aromatic amines is 1. The number of halogens is 1. The number of nitrogens with one attached hydrogen (secondary N) is 1. The van der Waals surface area contributed by atoms with Gasteiger partial charge in [0, 0.05) is 24.8 Å². The van der Waals surface area contributed by atoms with Crippen LogP contribution in [-0.4, -0.2) is 60.7 Å². The van der Waals surface area contributed by atoms with E-state index in [4.69, 9.17) is 5.11 Å². The van der Waals surface area contributed by atoms with Gasteiger partial charge >= 0.3 is 5.97 Å². The van der Waals surface area contributed by atoms with Crippen molar-refractivity contribution in [3.05, 3.63) is 53.7 Å². The number of H-pyrrole nitrogens is 1. The molecule has 0 unspecified atom stereocenters. The highest BCUT2D eigenvalue weighted by molar-refractivity contribution is 5.84. The van der Waals surface area contributed by atoms with Crippen LogP contribution < -0.4 is 0 Å². The molecule has 0 aliphatic heterocycles. The Labute approximate surface area is 159 Å². The van der Waals surface area contributed by atoms with Crippen LogP contribution in [0.5, 0.6) is 0 Å². The zero-order valence-electron chi connectivity index (χ0n) is 15.2. The van der Waals surface area contributed by atoms with Crippen molar-refractivity contribution in [3.63, 3.8) is 0 Å². The molecule has 0 spiro atoms. The Balaban J connectivity index is 1.47. The lowest BCUT2D eigenvalue weighted by molar-refractivity contribution is -0.130. The Bertz CT molecular complexity index is 983. The Morgan fingerprint density at radius 3 is 2.86 bits per heavy atom. The molecule has 0 radical (unpaired) electrons. The van der Waals surface area contributed by atoms with Crippen molar-refractivity contribution >= 4 is 11.9 Å². The average Bonchev–Trinajstić information content (AvgIpc) is 3.31. The molecule has 3 aromatic rings. The van der Waals surface area contributed by atoms with E-state index in [9.17, 15) is 14.0 Å². The Hall–Kier alpha value is -3.56. The summed E-state index contributed by atoms with van der Waals surface area (Å²) < 4.78 is 14.5. The van der Waals surface area contributed by atoms with E-state index in [2.05, 4.69) is 20.5 Å². The Morgan fingerprint density at radius 1 is 1.32 bits per heavy atom. The first kappa shape index (κ1) is 19.2. The van der Waals surface area contributed by atoms with E-state index in [1.54, 1.807) is 24.1 Å². The number of hydrogen-bond donors (Lipinski definition) is 2. The standard InChI is InChI=1S/C18H19FN6O3/c1-24(17(26)11-25-10-16(18(27)28)22-23-25)7-3-6-14-9-15(21-20-14)12-4-2-5-13(19)8-12/h2,4-5,8-10H,3,6-7,11H2,1H3,(H,20,21)(H,27,28). The number of amides is 1. The fraction of sp³-hybridized carbons (Fsp3) is 0.278. The van der Waals surface area contributed by atoms with E-state index in [1.165, 1.54) is 23.0 Å². The maximum absolute atomic E-state index is 13.3. The van der Waals surface area contributed by atoms with Crippen molar-refractivity contribution in [1.82, 2.24) is 30.1 Å². The topological polar surface area (TPSA) is 117 Å². The monoisotopic (exact) mass is 386 g/mol. The van der Waals surface area contributed by atoms with Crippen LogP contribution in [0.25, 0.3) is 11.3 Å². The fourth-order valence-electron chi connectivity index (χ4n) is 2.65. The molecule has 2 heterocycles. The number of benzene rings is 1. The smallest absolute Gasteiger partial charge is 0.358 e. The zero-order chi connectivity index (χ0) is 20.1. The number of rotatable bonds is 8. The summed E-state index contributed by atoms with van der Waals surface area (Å²) in [5, 5.41) is 23.0. The predicted molar refractivity (Wildman–Crippen MR) is 96.9 cm³/mol. The third kappa shape index (κ3) is 4.78. The molecule has 2 N–H and O–H groups in total. The minimum Gasteiger partial charge on any atom is -0.476 e. The van der Waals surface area contributed by atoms with Gasteiger partial charge in [0.25, 0.3) is 0 Å². The number of aromatic nitrogens is 5. The summed E-state index contributed by atoms with van der Waals surface area (Å²) in [6.07, 6.45) is 2.59. The summed E-state index contributed by atoms with van der Waals surface area (Å²) in [4.78, 5) is 24.5. The lowest BCUT2D eigenvalue weighted by atomic mass is 10.1. The van der Waals surface area contributed by atoms with Gasteiger partial charge in [0.2, 0.25) is 5.91 Å². The van der Waals surface area contributed by atoms with Gasteiger partial charge in [-0.1, -0.05) is 17.3 Å². The Morgan fingerprint density at radius 2 is 2.14 bits per heavy atom. The van der Waals surface area contributed by atoms with Crippen molar-refractivity contribution in [1.29, 1.82) is 0 Å². The number of aryl methyl sites for hydroxylation is 1. The van der Waals surface area contributed by atoms with Crippen LogP contribution in [0.1, 0.15) is 22.6 Å². The number of carbonyl (C=O) groups excluding carboxylic acids is 1. The fourth-order valence-corrected chi connectivity index (χ4v) is 2.65. The summed E-state index contributed by atoms with van der Waals surface area (Å²) in [5.74, 6) is -1.71. The van der Waals surface area contributed by atoms with Gasteiger partial charge in [0.05, 0.1) is 11.9 Å². The molecule has 0 saturated heterocycles. The lowest BCUT2D eigenvalue weighted by Crippen LogP contribution is -2.31. The summed E-state index contributed by atoms with van der Waals surface area (Å²) in [6.45, 7) is 0.429. The van der Waals surface area contributed by atoms with Crippen molar-refractivity contribution in [2.45, 2.75) is 19.4 Å². The summed E-state index contributed by atoms with van der Waals surface area (Å²) >= 11 is 0. The SMILES string of the molecule is CN(CCCc1cc(-c2cccc(F)c2)n[nH]1)C(=O)Cn1cc(C(=O)O)nn1. The maximum atomic E-state index is 13.3. The highest BCUT2D eigenvalue weighted by atomic mass is 19.1. The second kappa shape index (κ2) is 8.42. The quantitative estimate of drug-likeness (QED) is 0.607. The van der Waals surface area contributed by atoms with Crippen LogP contribution in [0.2, 0.25) is 0 Å². The number of likely N-dealkylation sites (N-methyl/N-ethyl adjacent to an activating group) is 1. The van der Waals surface area contributed by atoms with Gasteiger partial charge in [0.15, 0.2) is 5.69 Å². The van der Waals surface area contributed by atoms with E-state index in [0.29, 0.717) is 30.6 Å². The predicted octanol–water partition coefficient (Wildman–Crippen LogP) is 1.60. The third-order valence-corrected chi connectivity index (χ3v) is 4.17. The van der Waals surface area contributed by atoms with Gasteiger partial charge in [-0.3, -0.25) is 9.89 Å². The first-order valence-electron chi connectivity index (χ1n) is 8.60. The molecular weight excluding hydrogens is 367 g/mol. The first-order chi connectivity index (χ1) is 13.4. The minimum atomic E-state index is -1.19. The largest absolute Gasteiger partial charge is 0.476 e. The number of hydrogen-bond acceptors (Lipinski definition) is 5. The lowest BCUT2D eigenvalue weighted by Gasteiger charge is -2.16. The molecule has 0 fully saturated rings. The summed E-state index contributed by atoms with van der Waals surface area (Å²) in [5.41, 5.74) is 2.05. The second-order valence-electron chi connectivity index (χ2n) is 6.31. The average molecular weight is 386 g/mol. The normalized spacial score (nSPS) is 10.8. The van der Waals surface area contributed by atoms with Gasteiger partial charge in [-0.05, 0) is 31.0 Å². The van der Waals surface area contributed by atoms with Crippen LogP contribution in [0, 0.1) is 5.82 Å². The van der Waals surface area contributed by atoms with Crippen molar-refractivity contribution in [2.75, 3.05) is 13.6 Å². The molecule has 0 atom stereocenters. The van der Waals surface area contributed by atoms with Gasteiger partial charge in [-0.2, -0.15) is 5.10 Å². The van der Waals surface area contributed by atoms with Crippen molar-refractivity contribution < 1.29 is 19.1 Å². The van der Waals surface area contributed by atoms with Gasteiger partial charge in [-0.15, -0.1) is 5.10 Å². The summed E-state index contributed by atoms with van der Waals surface area (Å²) in [7, 11) is 1.67. The third-order valence-electron chi connectivity index (χ3n) is 4.17. The van der Waals surface area contributed by atoms with Crippen LogP contribution in [-0.2, 0) is 17.8 Å². The molecule has 1 aromatic carbocycles. The van der Waals surface area contributed by atoms with Crippen LogP contribution >= 0.6 is 0 Å². The molecule has 9 nitrogen and oxygen atoms in total. The van der Waals surface area contributed by atoms with Crippen LogP contribution in [0.15, 0.2) is 36.5 Å². The van der Waals surface area contributed by atoms with E-state index < -0.39 is 5.97 Å². The molecule has 0 saturated carbocycles. The molecule has 0 aliphatic rings. The number of nitrogens with zero attached hydrogens (tertiary/aromatic N) is 5. The molecule has 28 heavy (non-hydrogen) atoms. The second-order valence-corrected chi connectivity index (χ2v) is 6.31. The van der Waals surface area contributed by atoms with Crippen LogP contribution in [0.4, 0.5) is 4.39 Å². The van der Waals surface area contributed by atoms with Crippen LogP contribution in [0.3, 0.4) is 0 Å². The zero-order valence-corrected chi connectivity index (χ0v) is 15.2. The molecule has 0 bridgehead atoms. The molecule has 3 rings (SSSR count). The number of carboxylic acids is 1. The highest BCUT2D eigenvalue weighted by Gasteiger charge is 2.14. The molecule has 1 amide bonds. The van der Waals surface area contributed by atoms with E-state index in [-0.39, 0.29) is 24.0 Å². The van der Waals surface area contributed by atoms with E-state index >= 15 is 0 Å². The molecule has 2 aromatic heterocycles. The number of carboxylic acid groups (broad SMARTS) is 1. The van der Waals surface area contributed by atoms with Gasteiger partial charge in [-0.25, -0.2) is 13.9 Å². The maximum Gasteiger partial charge on any atom is 0.358 e. The van der Waals surface area contributed by atoms with Gasteiger partial charge in [0.1, 0.15) is 12.4 Å². The molecular formula is C18H19FN6O3. The molecule has 146 valence electrons. The first-order valence-corrected chi connectivity index (χ1v) is 8.60. The number of carbonyl (C=O) groups is 2. The molecule has 10 heteroatoms. The Kier molecular flexibility index (Phi) is 5.78. The minimum absolute atomic E-state index is 0.0788. The highest BCUT2D eigenvalue weighted by Crippen LogP contribution is 2.19.